The molecule has 0 heterocycles. The van der Waals surface area contributed by atoms with Crippen LogP contribution in [0.5, 0.6) is 0 Å². The first-order valence-electron chi connectivity index (χ1n) is 4.66. The van der Waals surface area contributed by atoms with Crippen LogP contribution < -0.4 is 5.73 Å². The summed E-state index contributed by atoms with van der Waals surface area (Å²) in [6.45, 7) is 1.85. The van der Waals surface area contributed by atoms with Crippen molar-refractivity contribution in [3.63, 3.8) is 0 Å². The molecule has 14 heavy (non-hydrogen) atoms. The van der Waals surface area contributed by atoms with E-state index in [0.29, 0.717) is 19.3 Å². The van der Waals surface area contributed by atoms with Crippen molar-refractivity contribution in [2.75, 3.05) is 0 Å². The minimum atomic E-state index is -1.26. The van der Waals surface area contributed by atoms with Gasteiger partial charge in [-0.2, -0.15) is 0 Å². The first-order chi connectivity index (χ1) is 6.42. The van der Waals surface area contributed by atoms with Crippen molar-refractivity contribution in [3.05, 3.63) is 0 Å². The van der Waals surface area contributed by atoms with E-state index >= 15 is 0 Å². The number of carboxylic acid groups (broad SMARTS) is 2. The summed E-state index contributed by atoms with van der Waals surface area (Å²) in [5.74, 6) is -1.97. The van der Waals surface area contributed by atoms with Crippen LogP contribution in [0.2, 0.25) is 0 Å². The van der Waals surface area contributed by atoms with Gasteiger partial charge in [0, 0.05) is 6.42 Å². The number of hydrogen-bond donors (Lipinski definition) is 3. The minimum absolute atomic E-state index is 0.0318. The molecule has 1 atom stereocenters. The number of carbonyl (C=O) groups is 2. The molecule has 0 aliphatic heterocycles. The van der Waals surface area contributed by atoms with Crippen LogP contribution in [0, 0.1) is 0 Å². The van der Waals surface area contributed by atoms with Crippen LogP contribution >= 0.6 is 0 Å². The van der Waals surface area contributed by atoms with Crippen LogP contribution in [0.1, 0.15) is 39.0 Å². The van der Waals surface area contributed by atoms with Gasteiger partial charge in [-0.15, -0.1) is 0 Å². The second-order valence-electron chi connectivity index (χ2n) is 3.46. The summed E-state index contributed by atoms with van der Waals surface area (Å²) in [5, 5.41) is 17.2. The average Bonchev–Trinajstić information content (AvgIpc) is 2.03. The molecule has 0 aromatic rings. The van der Waals surface area contributed by atoms with Crippen LogP contribution in [0.15, 0.2) is 0 Å². The third-order valence-corrected chi connectivity index (χ3v) is 2.14. The van der Waals surface area contributed by atoms with Crippen LogP contribution in [-0.4, -0.2) is 27.7 Å². The summed E-state index contributed by atoms with van der Waals surface area (Å²) in [6, 6.07) is 0. The predicted octanol–water partition coefficient (Wildman–Crippen LogP) is 0.823. The average molecular weight is 203 g/mol. The Bertz CT molecular complexity index is 217. The molecule has 0 aromatic carbocycles. The Morgan fingerprint density at radius 2 is 1.86 bits per heavy atom. The highest BCUT2D eigenvalue weighted by Crippen LogP contribution is 2.17. The predicted molar refractivity (Wildman–Crippen MR) is 50.9 cm³/mol. The maximum absolute atomic E-state index is 10.8. The quantitative estimate of drug-likeness (QED) is 0.568. The van der Waals surface area contributed by atoms with Crippen LogP contribution in [0.25, 0.3) is 0 Å². The third kappa shape index (κ3) is 4.23. The zero-order chi connectivity index (χ0) is 11.2. The lowest BCUT2D eigenvalue weighted by molar-refractivity contribution is -0.144. The molecule has 0 aliphatic rings. The van der Waals surface area contributed by atoms with Gasteiger partial charge in [0.05, 0.1) is 0 Å². The molecule has 5 heteroatoms. The molecule has 0 fully saturated rings. The molecule has 0 saturated carbocycles. The summed E-state index contributed by atoms with van der Waals surface area (Å²) in [4.78, 5) is 21.0. The van der Waals surface area contributed by atoms with Gasteiger partial charge >= 0.3 is 11.9 Å². The van der Waals surface area contributed by atoms with Gasteiger partial charge in [0.2, 0.25) is 0 Å². The number of hydrogen-bond acceptors (Lipinski definition) is 3. The van der Waals surface area contributed by atoms with E-state index in [1.54, 1.807) is 0 Å². The smallest absolute Gasteiger partial charge is 0.323 e. The number of aliphatic carboxylic acids is 2. The summed E-state index contributed by atoms with van der Waals surface area (Å²) in [7, 11) is 0. The molecule has 0 spiro atoms. The lowest BCUT2D eigenvalue weighted by atomic mass is 9.89. The fourth-order valence-corrected chi connectivity index (χ4v) is 1.34. The second-order valence-corrected chi connectivity index (χ2v) is 3.46. The lowest BCUT2D eigenvalue weighted by Crippen LogP contribution is -2.47. The van der Waals surface area contributed by atoms with Crippen molar-refractivity contribution in [2.24, 2.45) is 5.73 Å². The molecule has 5 nitrogen and oxygen atoms in total. The maximum atomic E-state index is 10.8. The van der Waals surface area contributed by atoms with Gasteiger partial charge < -0.3 is 15.9 Å². The highest BCUT2D eigenvalue weighted by atomic mass is 16.4. The zero-order valence-electron chi connectivity index (χ0n) is 8.32. The van der Waals surface area contributed by atoms with Crippen molar-refractivity contribution in [2.45, 2.75) is 44.6 Å². The van der Waals surface area contributed by atoms with Crippen molar-refractivity contribution < 1.29 is 19.8 Å². The Labute approximate surface area is 82.9 Å². The van der Waals surface area contributed by atoms with Crippen molar-refractivity contribution in [3.8, 4) is 0 Å². The highest BCUT2D eigenvalue weighted by molar-refractivity contribution is 5.78. The van der Waals surface area contributed by atoms with E-state index in [4.69, 9.17) is 15.9 Å². The topological polar surface area (TPSA) is 101 Å². The number of nitrogens with two attached hydrogens (primary N) is 1. The van der Waals surface area contributed by atoms with Crippen LogP contribution in [-0.2, 0) is 9.59 Å². The molecule has 0 saturated heterocycles. The normalized spacial score (nSPS) is 14.7. The molecule has 1 unspecified atom stereocenters. The Balaban J connectivity index is 4.09. The van der Waals surface area contributed by atoms with E-state index in [2.05, 4.69) is 0 Å². The summed E-state index contributed by atoms with van der Waals surface area (Å²) in [6.07, 6.45) is 1.54. The molecule has 0 radical (unpaired) electrons. The Morgan fingerprint density at radius 1 is 1.29 bits per heavy atom. The van der Waals surface area contributed by atoms with Gasteiger partial charge in [-0.1, -0.05) is 13.3 Å². The van der Waals surface area contributed by atoms with E-state index in [0.717, 1.165) is 0 Å². The van der Waals surface area contributed by atoms with Gasteiger partial charge in [-0.05, 0) is 19.3 Å². The molecule has 0 bridgehead atoms. The van der Waals surface area contributed by atoms with Crippen molar-refractivity contribution in [1.29, 1.82) is 0 Å². The summed E-state index contributed by atoms with van der Waals surface area (Å²) < 4.78 is 0. The number of carboxylic acids is 2. The zero-order valence-corrected chi connectivity index (χ0v) is 8.32. The van der Waals surface area contributed by atoms with Gasteiger partial charge in [-0.3, -0.25) is 9.59 Å². The van der Waals surface area contributed by atoms with E-state index < -0.39 is 17.5 Å². The minimum Gasteiger partial charge on any atom is -0.481 e. The standard InChI is InChI=1S/C9H17NO4/c1-2-5-9(10,8(13)14)6-3-4-7(11)12/h2-6,10H2,1H3,(H,11,12)(H,13,14). The van der Waals surface area contributed by atoms with E-state index in [9.17, 15) is 9.59 Å². The Hall–Kier alpha value is -1.10. The van der Waals surface area contributed by atoms with E-state index in [1.165, 1.54) is 0 Å². The molecule has 0 aromatic heterocycles. The molecule has 0 rings (SSSR count). The first-order valence-corrected chi connectivity index (χ1v) is 4.66. The van der Waals surface area contributed by atoms with Crippen molar-refractivity contribution in [1.82, 2.24) is 0 Å². The maximum Gasteiger partial charge on any atom is 0.323 e. The molecule has 0 amide bonds. The monoisotopic (exact) mass is 203 g/mol. The van der Waals surface area contributed by atoms with E-state index in [-0.39, 0.29) is 12.8 Å². The van der Waals surface area contributed by atoms with Gasteiger partial charge in [0.1, 0.15) is 5.54 Å². The third-order valence-electron chi connectivity index (χ3n) is 2.14. The van der Waals surface area contributed by atoms with Gasteiger partial charge in [-0.25, -0.2) is 0 Å². The second kappa shape index (κ2) is 5.59. The SMILES string of the molecule is CCCC(N)(CCCC(=O)O)C(=O)O. The highest BCUT2D eigenvalue weighted by Gasteiger charge is 2.32. The van der Waals surface area contributed by atoms with Gasteiger partial charge in [0.15, 0.2) is 0 Å². The fraction of sp³-hybridized carbons (Fsp3) is 0.778. The van der Waals surface area contributed by atoms with Crippen molar-refractivity contribution >= 4 is 11.9 Å². The molecule has 82 valence electrons. The number of rotatable bonds is 7. The summed E-state index contributed by atoms with van der Waals surface area (Å²) >= 11 is 0. The van der Waals surface area contributed by atoms with Crippen LogP contribution in [0.4, 0.5) is 0 Å². The van der Waals surface area contributed by atoms with Gasteiger partial charge in [0.25, 0.3) is 0 Å². The molecule has 4 N–H and O–H groups in total. The summed E-state index contributed by atoms with van der Waals surface area (Å²) in [5.41, 5.74) is 4.39. The first kappa shape index (κ1) is 12.9. The Kier molecular flexibility index (Phi) is 5.15. The fourth-order valence-electron chi connectivity index (χ4n) is 1.34. The largest absolute Gasteiger partial charge is 0.481 e. The lowest BCUT2D eigenvalue weighted by Gasteiger charge is -2.23. The molecular formula is C9H17NO4. The molecule has 0 aliphatic carbocycles. The molecular weight excluding hydrogens is 186 g/mol. The van der Waals surface area contributed by atoms with E-state index in [1.807, 2.05) is 6.92 Å². The van der Waals surface area contributed by atoms with Crippen LogP contribution in [0.3, 0.4) is 0 Å². The Morgan fingerprint density at radius 3 is 2.21 bits per heavy atom.